The van der Waals surface area contributed by atoms with Gasteiger partial charge in [-0.2, -0.15) is 13.2 Å². The molecule has 0 radical (unpaired) electrons. The van der Waals surface area contributed by atoms with Crippen LogP contribution in [-0.4, -0.2) is 24.5 Å². The van der Waals surface area contributed by atoms with Crippen molar-refractivity contribution in [2.24, 2.45) is 4.99 Å². The predicted octanol–water partition coefficient (Wildman–Crippen LogP) is 3.75. The monoisotopic (exact) mass is 303 g/mol. The highest BCUT2D eigenvalue weighted by atomic mass is 19.4. The van der Waals surface area contributed by atoms with Gasteiger partial charge in [0, 0.05) is 0 Å². The number of rotatable bonds is 5. The van der Waals surface area contributed by atoms with Gasteiger partial charge in [-0.3, -0.25) is 0 Å². The molecule has 114 valence electrons. The number of benzene rings is 1. The molecule has 0 amide bonds. The SMILES string of the molecule is C=CCc1cc(F)ccc1N=C(C(=O)OCC)C(F)(F)F. The summed E-state index contributed by atoms with van der Waals surface area (Å²) in [5, 5.41) is 0. The molecular weight excluding hydrogens is 290 g/mol. The minimum Gasteiger partial charge on any atom is -0.461 e. The first-order chi connectivity index (χ1) is 9.79. The van der Waals surface area contributed by atoms with Crippen LogP contribution < -0.4 is 0 Å². The molecule has 3 nitrogen and oxygen atoms in total. The van der Waals surface area contributed by atoms with E-state index in [0.717, 1.165) is 18.2 Å². The first-order valence-corrected chi connectivity index (χ1v) is 6.02. The van der Waals surface area contributed by atoms with E-state index in [1.165, 1.54) is 13.0 Å². The van der Waals surface area contributed by atoms with Crippen molar-refractivity contribution in [3.8, 4) is 0 Å². The number of allylic oxidation sites excluding steroid dienone is 1. The van der Waals surface area contributed by atoms with Gasteiger partial charge in [-0.1, -0.05) is 6.08 Å². The molecule has 0 spiro atoms. The van der Waals surface area contributed by atoms with Crippen molar-refractivity contribution < 1.29 is 27.1 Å². The van der Waals surface area contributed by atoms with E-state index in [2.05, 4.69) is 16.3 Å². The topological polar surface area (TPSA) is 38.7 Å². The van der Waals surface area contributed by atoms with Crippen molar-refractivity contribution in [2.45, 2.75) is 19.5 Å². The fourth-order valence-corrected chi connectivity index (χ4v) is 1.53. The van der Waals surface area contributed by atoms with Gasteiger partial charge in [-0.15, -0.1) is 6.58 Å². The predicted molar refractivity (Wildman–Crippen MR) is 70.1 cm³/mol. The molecule has 1 aromatic carbocycles. The van der Waals surface area contributed by atoms with E-state index >= 15 is 0 Å². The van der Waals surface area contributed by atoms with Crippen LogP contribution in [0, 0.1) is 5.82 Å². The molecule has 0 unspecified atom stereocenters. The van der Waals surface area contributed by atoms with E-state index in [1.807, 2.05) is 0 Å². The Bertz CT molecular complexity index is 565. The molecule has 0 fully saturated rings. The molecule has 0 N–H and O–H groups in total. The number of alkyl halides is 3. The highest BCUT2D eigenvalue weighted by molar-refractivity contribution is 6.39. The van der Waals surface area contributed by atoms with Crippen LogP contribution in [0.15, 0.2) is 35.8 Å². The molecule has 0 atom stereocenters. The van der Waals surface area contributed by atoms with E-state index in [-0.39, 0.29) is 24.3 Å². The molecule has 0 saturated carbocycles. The lowest BCUT2D eigenvalue weighted by Crippen LogP contribution is -2.32. The highest BCUT2D eigenvalue weighted by Crippen LogP contribution is 2.26. The normalized spacial score (nSPS) is 12.1. The Morgan fingerprint density at radius 3 is 2.62 bits per heavy atom. The van der Waals surface area contributed by atoms with Gasteiger partial charge in [0.25, 0.3) is 0 Å². The van der Waals surface area contributed by atoms with Crippen molar-refractivity contribution >= 4 is 17.4 Å². The van der Waals surface area contributed by atoms with E-state index in [1.54, 1.807) is 0 Å². The van der Waals surface area contributed by atoms with Crippen LogP contribution in [0.2, 0.25) is 0 Å². The Morgan fingerprint density at radius 1 is 1.43 bits per heavy atom. The average Bonchev–Trinajstić information content (AvgIpc) is 2.37. The number of halogens is 4. The standard InChI is InChI=1S/C14H13F4NO2/c1-3-5-9-8-10(15)6-7-11(9)19-12(14(16,17)18)13(20)21-4-2/h3,6-8H,1,4-5H2,2H3. The summed E-state index contributed by atoms with van der Waals surface area (Å²) in [5.41, 5.74) is -1.64. The van der Waals surface area contributed by atoms with Crippen LogP contribution in [0.1, 0.15) is 12.5 Å². The molecule has 0 saturated heterocycles. The van der Waals surface area contributed by atoms with Crippen molar-refractivity contribution in [2.75, 3.05) is 6.61 Å². The van der Waals surface area contributed by atoms with E-state index in [0.29, 0.717) is 0 Å². The largest absolute Gasteiger partial charge is 0.461 e. The van der Waals surface area contributed by atoms with Crippen molar-refractivity contribution in [3.05, 3.63) is 42.2 Å². The highest BCUT2D eigenvalue weighted by Gasteiger charge is 2.42. The maximum Gasteiger partial charge on any atom is 0.440 e. The summed E-state index contributed by atoms with van der Waals surface area (Å²) < 4.78 is 56.0. The summed E-state index contributed by atoms with van der Waals surface area (Å²) in [5.74, 6) is -2.19. The van der Waals surface area contributed by atoms with Crippen LogP contribution in [0.5, 0.6) is 0 Å². The Morgan fingerprint density at radius 2 is 2.10 bits per heavy atom. The molecular formula is C14H13F4NO2. The number of carbonyl (C=O) groups excluding carboxylic acids is 1. The zero-order valence-corrected chi connectivity index (χ0v) is 11.2. The average molecular weight is 303 g/mol. The second kappa shape index (κ2) is 7.01. The van der Waals surface area contributed by atoms with Crippen molar-refractivity contribution in [1.29, 1.82) is 0 Å². The summed E-state index contributed by atoms with van der Waals surface area (Å²) in [6.07, 6.45) is -3.46. The summed E-state index contributed by atoms with van der Waals surface area (Å²) in [6.45, 7) is 4.60. The maximum absolute atomic E-state index is 13.1. The Balaban J connectivity index is 3.34. The van der Waals surface area contributed by atoms with Gasteiger partial charge in [-0.25, -0.2) is 14.2 Å². The minimum absolute atomic E-state index is 0.116. The first kappa shape index (κ1) is 16.9. The molecule has 0 aliphatic carbocycles. The molecule has 1 rings (SSSR count). The summed E-state index contributed by atoms with van der Waals surface area (Å²) in [4.78, 5) is 14.7. The lowest BCUT2D eigenvalue weighted by Gasteiger charge is -2.11. The number of aliphatic imine (C=N–C) groups is 1. The van der Waals surface area contributed by atoms with Gasteiger partial charge in [0.15, 0.2) is 0 Å². The van der Waals surface area contributed by atoms with Gasteiger partial charge in [-0.05, 0) is 37.1 Å². The fraction of sp³-hybridized carbons (Fsp3) is 0.286. The number of carbonyl (C=O) groups is 1. The van der Waals surface area contributed by atoms with Crippen LogP contribution in [0.4, 0.5) is 23.2 Å². The maximum atomic E-state index is 13.1. The minimum atomic E-state index is -4.97. The van der Waals surface area contributed by atoms with Gasteiger partial charge >= 0.3 is 12.1 Å². The Kier molecular flexibility index (Phi) is 5.63. The van der Waals surface area contributed by atoms with Crippen molar-refractivity contribution in [3.63, 3.8) is 0 Å². The lowest BCUT2D eigenvalue weighted by molar-refractivity contribution is -0.139. The van der Waals surface area contributed by atoms with E-state index in [9.17, 15) is 22.4 Å². The van der Waals surface area contributed by atoms with Gasteiger partial charge in [0.1, 0.15) is 5.82 Å². The zero-order chi connectivity index (χ0) is 16.0. The van der Waals surface area contributed by atoms with E-state index < -0.39 is 23.7 Å². The first-order valence-electron chi connectivity index (χ1n) is 6.02. The van der Waals surface area contributed by atoms with E-state index in [4.69, 9.17) is 0 Å². The summed E-state index contributed by atoms with van der Waals surface area (Å²) in [7, 11) is 0. The third-order valence-corrected chi connectivity index (χ3v) is 2.38. The molecule has 0 aromatic heterocycles. The number of hydrogen-bond donors (Lipinski definition) is 0. The third kappa shape index (κ3) is 4.70. The molecule has 7 heteroatoms. The molecule has 0 bridgehead atoms. The number of nitrogens with zero attached hydrogens (tertiary/aromatic N) is 1. The number of esters is 1. The quantitative estimate of drug-likeness (QED) is 0.359. The van der Waals surface area contributed by atoms with Crippen LogP contribution in [0.25, 0.3) is 0 Å². The molecule has 0 aliphatic heterocycles. The summed E-state index contributed by atoms with van der Waals surface area (Å²) >= 11 is 0. The lowest BCUT2D eigenvalue weighted by atomic mass is 10.1. The van der Waals surface area contributed by atoms with Crippen molar-refractivity contribution in [1.82, 2.24) is 0 Å². The van der Waals surface area contributed by atoms with Crippen LogP contribution in [0.3, 0.4) is 0 Å². The second-order valence-electron chi connectivity index (χ2n) is 3.94. The number of hydrogen-bond acceptors (Lipinski definition) is 3. The molecule has 0 heterocycles. The number of ether oxygens (including phenoxy) is 1. The van der Waals surface area contributed by atoms with Gasteiger partial charge < -0.3 is 4.74 Å². The smallest absolute Gasteiger partial charge is 0.440 e. The fourth-order valence-electron chi connectivity index (χ4n) is 1.53. The summed E-state index contributed by atoms with van der Waals surface area (Å²) in [6, 6.07) is 3.07. The Labute approximate surface area is 118 Å². The zero-order valence-electron chi connectivity index (χ0n) is 11.2. The van der Waals surface area contributed by atoms with Crippen LogP contribution >= 0.6 is 0 Å². The third-order valence-electron chi connectivity index (χ3n) is 2.38. The second-order valence-corrected chi connectivity index (χ2v) is 3.94. The van der Waals surface area contributed by atoms with Gasteiger partial charge in [0.05, 0.1) is 12.3 Å². The van der Waals surface area contributed by atoms with Gasteiger partial charge in [0.2, 0.25) is 5.71 Å². The van der Waals surface area contributed by atoms with Crippen LogP contribution in [-0.2, 0) is 16.0 Å². The molecule has 21 heavy (non-hydrogen) atoms. The Hall–Kier alpha value is -2.18. The molecule has 0 aliphatic rings. The molecule has 1 aromatic rings.